The van der Waals surface area contributed by atoms with Crippen LogP contribution < -0.4 is 19.6 Å². The summed E-state index contributed by atoms with van der Waals surface area (Å²) < 4.78 is 17.1. The molecule has 8 heteroatoms. The van der Waals surface area contributed by atoms with E-state index >= 15 is 0 Å². The first-order valence-corrected chi connectivity index (χ1v) is 12.6. The Morgan fingerprint density at radius 1 is 0.895 bits per heavy atom. The minimum Gasteiger partial charge on any atom is -0.493 e. The Hall–Kier alpha value is -4.00. The van der Waals surface area contributed by atoms with Gasteiger partial charge in [-0.3, -0.25) is 4.79 Å². The second-order valence-electron chi connectivity index (χ2n) is 8.28. The molecule has 0 aliphatic rings. The van der Waals surface area contributed by atoms with Crippen LogP contribution in [0, 0.1) is 0 Å². The van der Waals surface area contributed by atoms with Gasteiger partial charge in [-0.1, -0.05) is 71.7 Å². The van der Waals surface area contributed by atoms with E-state index in [9.17, 15) is 4.79 Å². The largest absolute Gasteiger partial charge is 0.493 e. The van der Waals surface area contributed by atoms with Crippen LogP contribution in [-0.4, -0.2) is 25.3 Å². The monoisotopic (exact) mass is 548 g/mol. The van der Waals surface area contributed by atoms with Gasteiger partial charge in [0.2, 0.25) is 0 Å². The van der Waals surface area contributed by atoms with Gasteiger partial charge in [-0.05, 0) is 66.1 Å². The number of amides is 1. The van der Waals surface area contributed by atoms with Crippen molar-refractivity contribution < 1.29 is 19.0 Å². The third-order valence-corrected chi connectivity index (χ3v) is 6.36. The normalized spacial score (nSPS) is 11.7. The maximum Gasteiger partial charge on any atom is 0.280 e. The van der Waals surface area contributed by atoms with Crippen molar-refractivity contribution in [1.29, 1.82) is 0 Å². The molecule has 4 rings (SSSR count). The smallest absolute Gasteiger partial charge is 0.280 e. The van der Waals surface area contributed by atoms with E-state index < -0.39 is 6.10 Å². The van der Waals surface area contributed by atoms with Crippen molar-refractivity contribution in [2.24, 2.45) is 5.10 Å². The minimum atomic E-state index is -0.739. The number of methoxy groups -OCH3 is 1. The molecule has 1 atom stereocenters. The van der Waals surface area contributed by atoms with Gasteiger partial charge in [0.15, 0.2) is 17.6 Å². The summed E-state index contributed by atoms with van der Waals surface area (Å²) in [6, 6.07) is 28.2. The molecule has 0 heterocycles. The van der Waals surface area contributed by atoms with Crippen LogP contribution in [0.5, 0.6) is 17.2 Å². The fourth-order valence-electron chi connectivity index (χ4n) is 3.58. The lowest BCUT2D eigenvalue weighted by molar-refractivity contribution is -0.127. The van der Waals surface area contributed by atoms with Gasteiger partial charge < -0.3 is 14.2 Å². The molecular weight excluding hydrogens is 523 g/mol. The Morgan fingerprint density at radius 2 is 1.58 bits per heavy atom. The van der Waals surface area contributed by atoms with E-state index in [1.54, 1.807) is 50.4 Å². The standard InChI is InChI=1S/C30H26Cl2N2O4/c1-20(38-24-14-12-23(13-15-24)22-7-4-3-5-8-22)30(35)34-33-18-21-11-16-28(29(17-21)36-2)37-19-25-26(31)9-6-10-27(25)32/h3-18,20H,19H2,1-2H3,(H,34,35)/t20-/m0/s1. The molecule has 0 saturated heterocycles. The highest BCUT2D eigenvalue weighted by atomic mass is 35.5. The number of hydrogen-bond acceptors (Lipinski definition) is 5. The third-order valence-electron chi connectivity index (χ3n) is 5.65. The first-order chi connectivity index (χ1) is 18.4. The van der Waals surface area contributed by atoms with Gasteiger partial charge in [-0.25, -0.2) is 5.43 Å². The summed E-state index contributed by atoms with van der Waals surface area (Å²) in [7, 11) is 1.54. The van der Waals surface area contributed by atoms with Crippen LogP contribution in [0.1, 0.15) is 18.1 Å². The first kappa shape index (κ1) is 27.0. The van der Waals surface area contributed by atoms with E-state index in [0.717, 1.165) is 11.1 Å². The van der Waals surface area contributed by atoms with Gasteiger partial charge in [0.1, 0.15) is 12.4 Å². The van der Waals surface area contributed by atoms with Crippen LogP contribution in [0.2, 0.25) is 10.0 Å². The molecule has 0 aromatic heterocycles. The van der Waals surface area contributed by atoms with Crippen LogP contribution in [0.25, 0.3) is 11.1 Å². The Labute approximate surface area is 231 Å². The molecule has 0 fully saturated rings. The highest BCUT2D eigenvalue weighted by Gasteiger charge is 2.14. The molecule has 1 N–H and O–H groups in total. The molecule has 0 spiro atoms. The van der Waals surface area contributed by atoms with Gasteiger partial charge in [0, 0.05) is 15.6 Å². The molecule has 0 unspecified atom stereocenters. The number of benzene rings is 4. The number of carbonyl (C=O) groups is 1. The number of ether oxygens (including phenoxy) is 3. The molecular formula is C30H26Cl2N2O4. The number of hydrazone groups is 1. The first-order valence-electron chi connectivity index (χ1n) is 11.8. The molecule has 0 saturated carbocycles. The van der Waals surface area contributed by atoms with E-state index in [0.29, 0.717) is 38.4 Å². The van der Waals surface area contributed by atoms with Crippen molar-refractivity contribution in [2.45, 2.75) is 19.6 Å². The molecule has 38 heavy (non-hydrogen) atoms. The average molecular weight is 549 g/mol. The number of hydrogen-bond donors (Lipinski definition) is 1. The summed E-state index contributed by atoms with van der Waals surface area (Å²) in [6.45, 7) is 1.85. The van der Waals surface area contributed by atoms with Crippen molar-refractivity contribution in [3.63, 3.8) is 0 Å². The fourth-order valence-corrected chi connectivity index (χ4v) is 4.09. The van der Waals surface area contributed by atoms with Crippen LogP contribution >= 0.6 is 23.2 Å². The molecule has 4 aromatic rings. The number of nitrogens with one attached hydrogen (secondary N) is 1. The summed E-state index contributed by atoms with van der Waals surface area (Å²) >= 11 is 12.4. The molecule has 6 nitrogen and oxygen atoms in total. The summed E-state index contributed by atoms with van der Waals surface area (Å²) in [5.74, 6) is 1.23. The zero-order valence-electron chi connectivity index (χ0n) is 20.9. The van der Waals surface area contributed by atoms with Crippen molar-refractivity contribution in [1.82, 2.24) is 5.43 Å². The molecule has 0 aliphatic heterocycles. The van der Waals surface area contributed by atoms with Gasteiger partial charge >= 0.3 is 0 Å². The Kier molecular flexibility index (Phi) is 9.25. The van der Waals surface area contributed by atoms with Crippen molar-refractivity contribution in [3.8, 4) is 28.4 Å². The minimum absolute atomic E-state index is 0.186. The predicted molar refractivity (Wildman–Crippen MR) is 151 cm³/mol. The third kappa shape index (κ3) is 7.06. The average Bonchev–Trinajstić information content (AvgIpc) is 2.94. The van der Waals surface area contributed by atoms with Crippen molar-refractivity contribution in [3.05, 3.63) is 112 Å². The van der Waals surface area contributed by atoms with Crippen LogP contribution in [0.15, 0.2) is 96.1 Å². The predicted octanol–water partition coefficient (Wildman–Crippen LogP) is 7.17. The zero-order chi connectivity index (χ0) is 26.9. The zero-order valence-corrected chi connectivity index (χ0v) is 22.4. The van der Waals surface area contributed by atoms with Crippen LogP contribution in [-0.2, 0) is 11.4 Å². The number of carbonyl (C=O) groups excluding carboxylic acids is 1. The Bertz CT molecular complexity index is 1390. The number of nitrogens with zero attached hydrogens (tertiary/aromatic N) is 1. The summed E-state index contributed by atoms with van der Waals surface area (Å²) in [6.07, 6.45) is 0.771. The lowest BCUT2D eigenvalue weighted by Crippen LogP contribution is -2.33. The molecule has 0 radical (unpaired) electrons. The van der Waals surface area contributed by atoms with Crippen LogP contribution in [0.4, 0.5) is 0 Å². The maximum atomic E-state index is 12.5. The molecule has 1 amide bonds. The summed E-state index contributed by atoms with van der Waals surface area (Å²) in [5, 5.41) is 5.10. The van der Waals surface area contributed by atoms with E-state index in [1.807, 2.05) is 54.6 Å². The van der Waals surface area contributed by atoms with Gasteiger partial charge in [-0.2, -0.15) is 5.10 Å². The topological polar surface area (TPSA) is 69.2 Å². The molecule has 194 valence electrons. The van der Waals surface area contributed by atoms with E-state index in [2.05, 4.69) is 10.5 Å². The van der Waals surface area contributed by atoms with Crippen molar-refractivity contribution in [2.75, 3.05) is 7.11 Å². The lowest BCUT2D eigenvalue weighted by atomic mass is 10.1. The van der Waals surface area contributed by atoms with Gasteiger partial charge in [0.05, 0.1) is 13.3 Å². The van der Waals surface area contributed by atoms with Crippen molar-refractivity contribution >= 4 is 35.3 Å². The highest BCUT2D eigenvalue weighted by molar-refractivity contribution is 6.35. The molecule has 0 aliphatic carbocycles. The molecule has 4 aromatic carbocycles. The SMILES string of the molecule is COc1cc(C=NNC(=O)[C@H](C)Oc2ccc(-c3ccccc3)cc2)ccc1OCc1c(Cl)cccc1Cl. The second-order valence-corrected chi connectivity index (χ2v) is 9.10. The fraction of sp³-hybridized carbons (Fsp3) is 0.133. The Balaban J connectivity index is 1.31. The van der Waals surface area contributed by atoms with E-state index in [1.165, 1.54) is 6.21 Å². The van der Waals surface area contributed by atoms with E-state index in [4.69, 9.17) is 37.4 Å². The molecule has 0 bridgehead atoms. The summed E-state index contributed by atoms with van der Waals surface area (Å²) in [5.41, 5.74) is 6.08. The van der Waals surface area contributed by atoms with Gasteiger partial charge in [-0.15, -0.1) is 0 Å². The number of rotatable bonds is 10. The maximum absolute atomic E-state index is 12.5. The Morgan fingerprint density at radius 3 is 2.26 bits per heavy atom. The summed E-state index contributed by atoms with van der Waals surface area (Å²) in [4.78, 5) is 12.5. The quantitative estimate of drug-likeness (QED) is 0.168. The lowest BCUT2D eigenvalue weighted by Gasteiger charge is -2.14. The number of halogens is 2. The van der Waals surface area contributed by atoms with Gasteiger partial charge in [0.25, 0.3) is 5.91 Å². The van der Waals surface area contributed by atoms with E-state index in [-0.39, 0.29) is 12.5 Å². The highest BCUT2D eigenvalue weighted by Crippen LogP contribution is 2.31. The second kappa shape index (κ2) is 13.0. The van der Waals surface area contributed by atoms with Crippen LogP contribution in [0.3, 0.4) is 0 Å².